The van der Waals surface area contributed by atoms with E-state index in [2.05, 4.69) is 63.7 Å². The second-order valence-corrected chi connectivity index (χ2v) is 9.22. The Bertz CT molecular complexity index is 921. The van der Waals surface area contributed by atoms with Gasteiger partial charge in [-0.1, -0.05) is 31.9 Å². The van der Waals surface area contributed by atoms with Crippen molar-refractivity contribution in [3.63, 3.8) is 0 Å². The normalized spacial score (nSPS) is 11.9. The molecule has 0 aliphatic carbocycles. The van der Waals surface area contributed by atoms with Crippen LogP contribution in [0.1, 0.15) is 11.1 Å². The van der Waals surface area contributed by atoms with Crippen LogP contribution in [0.5, 0.6) is 11.5 Å². The van der Waals surface area contributed by atoms with Crippen LogP contribution in [0.3, 0.4) is 0 Å². The monoisotopic (exact) mass is 638 g/mol. The van der Waals surface area contributed by atoms with Gasteiger partial charge in [-0.3, -0.25) is 0 Å². The molecular weight excluding hydrogens is 632 g/mol. The van der Waals surface area contributed by atoms with Gasteiger partial charge in [0.1, 0.15) is 11.5 Å². The minimum Gasteiger partial charge on any atom is -0.545 e. The van der Waals surface area contributed by atoms with Crippen LogP contribution in [0.2, 0.25) is 0 Å². The molecule has 0 aliphatic rings. The molecule has 2 aromatic rings. The van der Waals surface area contributed by atoms with Gasteiger partial charge in [0.05, 0.1) is 20.9 Å². The molecular formula is C18H10Br4O6-2. The first-order valence-electron chi connectivity index (χ1n) is 7.49. The maximum atomic E-state index is 11.7. The molecule has 0 saturated carbocycles. The maximum absolute atomic E-state index is 11.7. The zero-order chi connectivity index (χ0) is 21.2. The van der Waals surface area contributed by atoms with Gasteiger partial charge >= 0.3 is 0 Å². The Labute approximate surface area is 193 Å². The Hall–Kier alpha value is -1.36. The molecule has 0 radical (unpaired) electrons. The molecule has 0 aliphatic heterocycles. The predicted molar refractivity (Wildman–Crippen MR) is 111 cm³/mol. The van der Waals surface area contributed by atoms with E-state index in [1.165, 1.54) is 12.1 Å². The van der Waals surface area contributed by atoms with E-state index in [0.717, 1.165) is 0 Å². The Balaban J connectivity index is 2.60. The molecule has 10 heteroatoms. The first kappa shape index (κ1) is 22.9. The zero-order valence-corrected chi connectivity index (χ0v) is 20.1. The summed E-state index contributed by atoms with van der Waals surface area (Å²) in [6.07, 6.45) is -0.850. The molecule has 28 heavy (non-hydrogen) atoms. The first-order chi connectivity index (χ1) is 13.0. The number of halogens is 4. The number of carbonyl (C=O) groups excluding carboxylic acids is 2. The second-order valence-electron chi connectivity index (χ2n) is 5.68. The summed E-state index contributed by atoms with van der Waals surface area (Å²) in [7, 11) is 0. The summed E-state index contributed by atoms with van der Waals surface area (Å²) in [6.45, 7) is 0. The summed E-state index contributed by atoms with van der Waals surface area (Å²) >= 11 is 12.7. The summed E-state index contributed by atoms with van der Waals surface area (Å²) in [5, 5.41) is 43.7. The van der Waals surface area contributed by atoms with E-state index in [-0.39, 0.29) is 22.6 Å². The molecule has 6 nitrogen and oxygen atoms in total. The number of hydrogen-bond donors (Lipinski definition) is 2. The van der Waals surface area contributed by atoms with Gasteiger partial charge in [-0.25, -0.2) is 0 Å². The van der Waals surface area contributed by atoms with Crippen molar-refractivity contribution in [2.75, 3.05) is 0 Å². The van der Waals surface area contributed by atoms with Gasteiger partial charge in [-0.2, -0.15) is 0 Å². The number of phenols is 2. The predicted octanol–water partition coefficient (Wildman–Crippen LogP) is 2.73. The SMILES string of the molecule is O=C([O-])C(Cc1cc(Br)cc(Br)c1O)=C(Cc1cc(Br)cc(Br)c1O)C(=O)[O-]. The highest BCUT2D eigenvalue weighted by Gasteiger charge is 2.18. The molecule has 0 spiro atoms. The molecule has 0 saturated heterocycles. The van der Waals surface area contributed by atoms with E-state index in [1.54, 1.807) is 12.1 Å². The highest BCUT2D eigenvalue weighted by Crippen LogP contribution is 2.35. The van der Waals surface area contributed by atoms with Crippen molar-refractivity contribution >= 4 is 75.7 Å². The van der Waals surface area contributed by atoms with Crippen molar-refractivity contribution in [1.82, 2.24) is 0 Å². The molecule has 0 fully saturated rings. The van der Waals surface area contributed by atoms with Crippen LogP contribution in [-0.4, -0.2) is 22.2 Å². The number of aromatic hydroxyl groups is 2. The lowest BCUT2D eigenvalue weighted by atomic mass is 9.94. The fourth-order valence-corrected chi connectivity index (χ4v) is 5.12. The lowest BCUT2D eigenvalue weighted by molar-refractivity contribution is -0.304. The van der Waals surface area contributed by atoms with E-state index in [1.807, 2.05) is 0 Å². The molecule has 2 N–H and O–H groups in total. The van der Waals surface area contributed by atoms with E-state index in [4.69, 9.17) is 0 Å². The minimum absolute atomic E-state index is 0.166. The molecule has 2 rings (SSSR count). The summed E-state index contributed by atoms with van der Waals surface area (Å²) in [6, 6.07) is 6.03. The van der Waals surface area contributed by atoms with E-state index in [0.29, 0.717) is 17.9 Å². The van der Waals surface area contributed by atoms with Crippen molar-refractivity contribution in [1.29, 1.82) is 0 Å². The Morgan fingerprint density at radius 3 is 1.32 bits per heavy atom. The number of phenolic OH excluding ortho intramolecular Hbond substituents is 2. The molecule has 0 amide bonds. The van der Waals surface area contributed by atoms with Gasteiger partial charge in [-0.15, -0.1) is 0 Å². The lowest BCUT2D eigenvalue weighted by Gasteiger charge is -2.19. The Morgan fingerprint density at radius 1 is 0.714 bits per heavy atom. The summed E-state index contributed by atoms with van der Waals surface area (Å²) in [5.41, 5.74) is -0.815. The van der Waals surface area contributed by atoms with E-state index >= 15 is 0 Å². The number of carbonyl (C=O) groups is 2. The smallest absolute Gasteiger partial charge is 0.133 e. The van der Waals surface area contributed by atoms with Crippen molar-refractivity contribution in [2.45, 2.75) is 12.8 Å². The molecule has 0 heterocycles. The maximum Gasteiger partial charge on any atom is 0.133 e. The molecule has 148 valence electrons. The van der Waals surface area contributed by atoms with Gasteiger partial charge in [0, 0.05) is 32.9 Å². The summed E-state index contributed by atoms with van der Waals surface area (Å²) in [4.78, 5) is 23.4. The topological polar surface area (TPSA) is 121 Å². The first-order valence-corrected chi connectivity index (χ1v) is 10.7. The van der Waals surface area contributed by atoms with Crippen LogP contribution in [0.15, 0.2) is 53.3 Å². The van der Waals surface area contributed by atoms with Gasteiger partial charge < -0.3 is 30.0 Å². The van der Waals surface area contributed by atoms with Gasteiger partial charge in [-0.05, 0) is 67.3 Å². The number of benzene rings is 2. The Kier molecular flexibility index (Phi) is 7.72. The Morgan fingerprint density at radius 2 is 1.04 bits per heavy atom. The standard InChI is InChI=1S/C18H12Br4O6/c19-9-1-7(15(23)13(21)5-9)3-11(17(25)26)12(18(27)28)4-8-2-10(20)6-14(22)16(8)24/h1-2,5-6,23-24H,3-4H2,(H,25,26)(H,27,28)/p-2. The van der Waals surface area contributed by atoms with Crippen LogP contribution in [0, 0.1) is 0 Å². The fourth-order valence-electron chi connectivity index (χ4n) is 2.49. The third-order valence-corrected chi connectivity index (χ3v) is 5.93. The number of aliphatic carboxylic acids is 2. The third-order valence-electron chi connectivity index (χ3n) is 3.81. The quantitative estimate of drug-likeness (QED) is 0.468. The van der Waals surface area contributed by atoms with Crippen molar-refractivity contribution in [2.24, 2.45) is 0 Å². The second kappa shape index (κ2) is 9.43. The number of rotatable bonds is 6. The van der Waals surface area contributed by atoms with E-state index < -0.39 is 35.9 Å². The van der Waals surface area contributed by atoms with Gasteiger partial charge in [0.15, 0.2) is 0 Å². The molecule has 0 unspecified atom stereocenters. The molecule has 0 atom stereocenters. The van der Waals surface area contributed by atoms with Crippen molar-refractivity contribution in [3.05, 3.63) is 64.4 Å². The fraction of sp³-hybridized carbons (Fsp3) is 0.111. The molecule has 0 aromatic heterocycles. The van der Waals surface area contributed by atoms with E-state index in [9.17, 15) is 30.0 Å². The average Bonchev–Trinajstić information content (AvgIpc) is 2.58. The van der Waals surface area contributed by atoms with Gasteiger partial charge in [0.2, 0.25) is 0 Å². The number of hydrogen-bond acceptors (Lipinski definition) is 6. The highest BCUT2D eigenvalue weighted by molar-refractivity contribution is 9.11. The van der Waals surface area contributed by atoms with Crippen molar-refractivity contribution in [3.8, 4) is 11.5 Å². The lowest BCUT2D eigenvalue weighted by Crippen LogP contribution is -2.33. The largest absolute Gasteiger partial charge is 0.545 e. The summed E-state index contributed by atoms with van der Waals surface area (Å²) < 4.78 is 1.71. The third kappa shape index (κ3) is 5.37. The highest BCUT2D eigenvalue weighted by atomic mass is 79.9. The average molecular weight is 642 g/mol. The van der Waals surface area contributed by atoms with Crippen LogP contribution in [-0.2, 0) is 22.4 Å². The molecule has 0 bridgehead atoms. The van der Waals surface area contributed by atoms with Crippen LogP contribution in [0.4, 0.5) is 0 Å². The van der Waals surface area contributed by atoms with Crippen LogP contribution in [0.25, 0.3) is 0 Å². The van der Waals surface area contributed by atoms with Crippen molar-refractivity contribution < 1.29 is 30.0 Å². The number of carboxylic acid groups (broad SMARTS) is 2. The minimum atomic E-state index is -1.72. The van der Waals surface area contributed by atoms with Crippen LogP contribution >= 0.6 is 63.7 Å². The van der Waals surface area contributed by atoms with Gasteiger partial charge in [0.25, 0.3) is 0 Å². The number of carboxylic acids is 2. The molecule has 2 aromatic carbocycles. The zero-order valence-electron chi connectivity index (χ0n) is 13.8. The summed E-state index contributed by atoms with van der Waals surface area (Å²) in [5.74, 6) is -3.90. The van der Waals surface area contributed by atoms with Crippen LogP contribution < -0.4 is 10.2 Å².